The Bertz CT molecular complexity index is 977. The van der Waals surface area contributed by atoms with Crippen LogP contribution in [0.5, 0.6) is 0 Å². The molecule has 4 heteroatoms. The van der Waals surface area contributed by atoms with Gasteiger partial charge in [0.05, 0.1) is 0 Å². The average Bonchev–Trinajstić information content (AvgIpc) is 2.81. The van der Waals surface area contributed by atoms with Crippen molar-refractivity contribution in [3.63, 3.8) is 0 Å². The van der Waals surface area contributed by atoms with Gasteiger partial charge in [0.2, 0.25) is 0 Å². The van der Waals surface area contributed by atoms with Crippen LogP contribution in [0, 0.1) is 0 Å². The van der Waals surface area contributed by atoms with Gasteiger partial charge in [0.15, 0.2) is 0 Å². The summed E-state index contributed by atoms with van der Waals surface area (Å²) in [7, 11) is 0. The molecular formula is C27H28I2P2. The van der Waals surface area contributed by atoms with Gasteiger partial charge >= 0.3 is 214 Å². The van der Waals surface area contributed by atoms with Crippen molar-refractivity contribution in [3.8, 4) is 0 Å². The van der Waals surface area contributed by atoms with Crippen LogP contribution in [0.25, 0.3) is 0 Å². The zero-order valence-corrected chi connectivity index (χ0v) is 24.0. The van der Waals surface area contributed by atoms with Crippen LogP contribution in [-0.4, -0.2) is 19.2 Å². The van der Waals surface area contributed by atoms with Gasteiger partial charge in [-0.05, 0) is 0 Å². The second-order valence-electron chi connectivity index (χ2n) is 8.78. The molecule has 0 aliphatic heterocycles. The molecule has 4 aromatic rings. The zero-order valence-electron chi connectivity index (χ0n) is 17.9. The number of halogens is 2. The summed E-state index contributed by atoms with van der Waals surface area (Å²) < 4.78 is -5.13. The second-order valence-corrected chi connectivity index (χ2v) is 34.2. The molecule has 0 aliphatic carbocycles. The van der Waals surface area contributed by atoms with Crippen LogP contribution in [0.2, 0.25) is 0 Å². The molecule has 0 heterocycles. The van der Waals surface area contributed by atoms with E-state index in [1.54, 1.807) is 0 Å². The molecule has 31 heavy (non-hydrogen) atoms. The monoisotopic (exact) mass is 668 g/mol. The molecule has 0 radical (unpaired) electrons. The van der Waals surface area contributed by atoms with Gasteiger partial charge in [-0.2, -0.15) is 0 Å². The minimum absolute atomic E-state index is 1.14. The Balaban J connectivity index is 2.05. The molecule has 0 nitrogen and oxygen atoms in total. The third-order valence-corrected chi connectivity index (χ3v) is 30.5. The number of benzene rings is 4. The second kappa shape index (κ2) is 8.52. The Morgan fingerprint density at radius 2 is 0.613 bits per heavy atom. The summed E-state index contributed by atoms with van der Waals surface area (Å²) in [5.41, 5.74) is 0. The Morgan fingerprint density at radius 3 is 0.806 bits per heavy atom. The normalized spacial score (nSPS) is 14.7. The summed E-state index contributed by atoms with van der Waals surface area (Å²) in [4.78, 5) is 0. The first-order valence-electron chi connectivity index (χ1n) is 10.4. The maximum atomic E-state index is 2.89. The van der Waals surface area contributed by atoms with Gasteiger partial charge in [-0.15, -0.1) is 0 Å². The molecule has 0 atom stereocenters. The van der Waals surface area contributed by atoms with Crippen LogP contribution in [0.1, 0.15) is 0 Å². The van der Waals surface area contributed by atoms with Crippen molar-refractivity contribution in [2.75, 3.05) is 19.2 Å². The summed E-state index contributed by atoms with van der Waals surface area (Å²) in [6.45, 7) is 5.12. The van der Waals surface area contributed by atoms with Crippen molar-refractivity contribution >= 4 is 73.8 Å². The quantitative estimate of drug-likeness (QED) is 0.149. The van der Waals surface area contributed by atoms with Gasteiger partial charge in [0.1, 0.15) is 0 Å². The fraction of sp³-hybridized carbons (Fsp3) is 0.111. The van der Waals surface area contributed by atoms with E-state index in [1.165, 1.54) is 21.2 Å². The molecule has 0 amide bonds. The zero-order chi connectivity index (χ0) is 22.1. The molecule has 4 aromatic carbocycles. The van der Waals surface area contributed by atoms with E-state index in [0.29, 0.717) is 0 Å². The summed E-state index contributed by atoms with van der Waals surface area (Å²) in [6, 6.07) is 44.9. The predicted molar refractivity (Wildman–Crippen MR) is 163 cm³/mol. The molecule has 0 bridgehead atoms. The SMILES string of the molecule is CP(I)(CP(C)(I)(c1ccccc1)c1ccccc1)(c1ccccc1)c1ccccc1. The van der Waals surface area contributed by atoms with E-state index in [2.05, 4.69) is 179 Å². The van der Waals surface area contributed by atoms with E-state index in [4.69, 9.17) is 0 Å². The van der Waals surface area contributed by atoms with E-state index < -0.39 is 8.49 Å². The van der Waals surface area contributed by atoms with Crippen molar-refractivity contribution in [1.82, 2.24) is 0 Å². The number of hydrogen-bond donors (Lipinski definition) is 0. The first-order valence-corrected chi connectivity index (χ1v) is 21.7. The maximum absolute atomic E-state index is 2.89. The molecule has 0 fully saturated rings. The van der Waals surface area contributed by atoms with E-state index >= 15 is 0 Å². The fourth-order valence-corrected chi connectivity index (χ4v) is 40.9. The molecule has 4 rings (SSSR count). The topological polar surface area (TPSA) is 0 Å². The number of hydrogen-bond acceptors (Lipinski definition) is 0. The molecular weight excluding hydrogens is 640 g/mol. The molecule has 0 aliphatic rings. The number of rotatable bonds is 6. The van der Waals surface area contributed by atoms with Crippen LogP contribution < -0.4 is 21.2 Å². The molecule has 160 valence electrons. The first-order chi connectivity index (χ1) is 14.7. The van der Waals surface area contributed by atoms with Gasteiger partial charge in [-0.25, -0.2) is 0 Å². The molecule has 0 unspecified atom stereocenters. The summed E-state index contributed by atoms with van der Waals surface area (Å²) in [6.07, 6.45) is 0. The Hall–Kier alpha value is -0.800. The predicted octanol–water partition coefficient (Wildman–Crippen LogP) is 7.31. The Morgan fingerprint density at radius 1 is 0.419 bits per heavy atom. The van der Waals surface area contributed by atoms with Gasteiger partial charge in [-0.1, -0.05) is 0 Å². The van der Waals surface area contributed by atoms with Crippen LogP contribution >= 0.6 is 52.6 Å². The summed E-state index contributed by atoms with van der Waals surface area (Å²) in [5.74, 6) is 1.14. The van der Waals surface area contributed by atoms with Crippen molar-refractivity contribution < 1.29 is 0 Å². The Labute approximate surface area is 212 Å². The van der Waals surface area contributed by atoms with Gasteiger partial charge < -0.3 is 0 Å². The van der Waals surface area contributed by atoms with E-state index in [-0.39, 0.29) is 0 Å². The standard InChI is InChI=1S/C27H28I2P2/c1-30(28,24-15-7-3-8-16-24,25-17-9-4-10-18-25)23-31(2,29,26-19-11-5-12-20-26)27-21-13-6-14-22-27/h3-22H,23H2,1-2H3. The average molecular weight is 668 g/mol. The summed E-state index contributed by atoms with van der Waals surface area (Å²) in [5, 5.41) is 5.89. The van der Waals surface area contributed by atoms with Crippen LogP contribution in [0.3, 0.4) is 0 Å². The van der Waals surface area contributed by atoms with Gasteiger partial charge in [0, 0.05) is 0 Å². The van der Waals surface area contributed by atoms with Crippen molar-refractivity contribution in [2.45, 2.75) is 0 Å². The minimum atomic E-state index is -2.57. The third kappa shape index (κ3) is 4.26. The van der Waals surface area contributed by atoms with Crippen LogP contribution in [0.15, 0.2) is 121 Å². The van der Waals surface area contributed by atoms with E-state index in [1.807, 2.05) is 0 Å². The molecule has 0 aromatic heterocycles. The van der Waals surface area contributed by atoms with E-state index in [0.717, 1.165) is 5.90 Å². The molecule has 0 N–H and O–H groups in total. The Kier molecular flexibility index (Phi) is 6.42. The van der Waals surface area contributed by atoms with Crippen molar-refractivity contribution in [3.05, 3.63) is 121 Å². The van der Waals surface area contributed by atoms with Crippen molar-refractivity contribution in [2.24, 2.45) is 0 Å². The first kappa shape index (κ1) is 23.4. The van der Waals surface area contributed by atoms with Crippen LogP contribution in [0.4, 0.5) is 0 Å². The fourth-order valence-electron chi connectivity index (χ4n) is 4.68. The van der Waals surface area contributed by atoms with Crippen LogP contribution in [-0.2, 0) is 0 Å². The molecule has 0 spiro atoms. The molecule has 0 saturated heterocycles. The van der Waals surface area contributed by atoms with E-state index in [9.17, 15) is 0 Å². The van der Waals surface area contributed by atoms with Gasteiger partial charge in [-0.3, -0.25) is 0 Å². The van der Waals surface area contributed by atoms with Crippen molar-refractivity contribution in [1.29, 1.82) is 0 Å². The molecule has 0 saturated carbocycles. The summed E-state index contributed by atoms with van der Waals surface area (Å²) >= 11 is 5.78. The van der Waals surface area contributed by atoms with Gasteiger partial charge in [0.25, 0.3) is 0 Å². The third-order valence-electron chi connectivity index (χ3n) is 6.37.